The molecule has 1 saturated carbocycles. The van der Waals surface area contributed by atoms with Gasteiger partial charge in [-0.05, 0) is 43.9 Å². The van der Waals surface area contributed by atoms with Crippen molar-refractivity contribution in [2.45, 2.75) is 57.0 Å². The van der Waals surface area contributed by atoms with Crippen LogP contribution in [0.25, 0.3) is 22.3 Å². The molecule has 1 aliphatic carbocycles. The Morgan fingerprint density at radius 3 is 2.66 bits per heavy atom. The lowest BCUT2D eigenvalue weighted by atomic mass is 9.89. The highest BCUT2D eigenvalue weighted by molar-refractivity contribution is 5.89. The fraction of sp³-hybridized carbons (Fsp3) is 0.385. The van der Waals surface area contributed by atoms with Crippen LogP contribution in [-0.2, 0) is 22.7 Å². The molecule has 3 aliphatic rings. The van der Waals surface area contributed by atoms with E-state index in [2.05, 4.69) is 11.3 Å². The average molecular weight is 475 g/mol. The molecule has 0 radical (unpaired) electrons. The van der Waals surface area contributed by atoms with Crippen molar-refractivity contribution in [3.05, 3.63) is 70.9 Å². The first kappa shape index (κ1) is 21.0. The van der Waals surface area contributed by atoms with Crippen molar-refractivity contribution in [1.82, 2.24) is 24.7 Å². The molecule has 3 aromatic heterocycles. The Balaban J connectivity index is 1.30. The number of hydrogen-bond donors (Lipinski definition) is 0. The molecular weight excluding hydrogens is 452 g/mol. The molecule has 2 atom stereocenters. The van der Waals surface area contributed by atoms with E-state index in [1.54, 1.807) is 0 Å². The first-order valence-electron chi connectivity index (χ1n) is 12.0. The zero-order valence-corrected chi connectivity index (χ0v) is 19.0. The van der Waals surface area contributed by atoms with Crippen LogP contribution in [0.5, 0.6) is 0 Å². The van der Waals surface area contributed by atoms with Crippen molar-refractivity contribution in [2.75, 3.05) is 6.61 Å². The van der Waals surface area contributed by atoms with Gasteiger partial charge in [0.05, 0.1) is 48.5 Å². The lowest BCUT2D eigenvalue weighted by molar-refractivity contribution is 0.00462. The number of pyridine rings is 1. The van der Waals surface area contributed by atoms with E-state index < -0.39 is 11.6 Å². The van der Waals surface area contributed by atoms with Gasteiger partial charge in [-0.2, -0.15) is 5.10 Å². The van der Waals surface area contributed by atoms with Gasteiger partial charge in [-0.1, -0.05) is 0 Å². The maximum Gasteiger partial charge on any atom is 0.135 e. The fourth-order valence-electron chi connectivity index (χ4n) is 5.06. The zero-order chi connectivity index (χ0) is 23.5. The lowest BCUT2D eigenvalue weighted by Gasteiger charge is -2.29. The molecule has 7 rings (SSSR count). The average Bonchev–Trinajstić information content (AvgIpc) is 3.41. The van der Waals surface area contributed by atoms with E-state index in [9.17, 15) is 8.78 Å². The number of halogens is 2. The van der Waals surface area contributed by atoms with E-state index in [1.165, 1.54) is 25.0 Å². The van der Waals surface area contributed by atoms with Gasteiger partial charge in [-0.15, -0.1) is 0 Å². The largest absolute Gasteiger partial charge is 0.373 e. The molecule has 9 heteroatoms. The third kappa shape index (κ3) is 3.79. The third-order valence-corrected chi connectivity index (χ3v) is 7.11. The van der Waals surface area contributed by atoms with Gasteiger partial charge in [0.2, 0.25) is 0 Å². The number of benzene rings is 1. The molecule has 0 N–H and O–H groups in total. The fourth-order valence-corrected chi connectivity index (χ4v) is 5.06. The minimum absolute atomic E-state index is 0.0794. The van der Waals surface area contributed by atoms with E-state index in [4.69, 9.17) is 24.4 Å². The van der Waals surface area contributed by atoms with Gasteiger partial charge in [0.15, 0.2) is 0 Å². The van der Waals surface area contributed by atoms with Gasteiger partial charge in [-0.25, -0.2) is 23.7 Å². The highest BCUT2D eigenvalue weighted by Crippen LogP contribution is 2.40. The molecular formula is C26H23F2N5O2. The minimum atomic E-state index is -0.674. The monoisotopic (exact) mass is 475 g/mol. The highest BCUT2D eigenvalue weighted by Gasteiger charge is 2.31. The second-order valence-corrected chi connectivity index (χ2v) is 9.56. The summed E-state index contributed by atoms with van der Waals surface area (Å²) in [7, 11) is 0. The van der Waals surface area contributed by atoms with Crippen molar-refractivity contribution >= 4 is 11.0 Å². The predicted octanol–water partition coefficient (Wildman–Crippen LogP) is 5.17. The lowest BCUT2D eigenvalue weighted by Crippen LogP contribution is -2.19. The standard InChI is InChI=1S/C26H23F2N5O2/c27-16-1-4-18(19(28)8-16)25-26-21(30-22-12-34-13-23(22)32-26)9-20(31-25)14-5-6-35-24(7-14)15-10-29-33(11-15)17-2-3-17/h1,4,8-11,14,17,24H,2-3,5-7,12-13H2/t14-,24-/m0/s1. The Morgan fingerprint density at radius 1 is 0.971 bits per heavy atom. The van der Waals surface area contributed by atoms with Crippen molar-refractivity contribution in [3.63, 3.8) is 0 Å². The van der Waals surface area contributed by atoms with Crippen LogP contribution >= 0.6 is 0 Å². The molecule has 0 unspecified atom stereocenters. The van der Waals surface area contributed by atoms with Gasteiger partial charge in [0.25, 0.3) is 0 Å². The molecule has 0 amide bonds. The Labute approximate surface area is 200 Å². The summed E-state index contributed by atoms with van der Waals surface area (Å²) < 4.78 is 42.2. The summed E-state index contributed by atoms with van der Waals surface area (Å²) >= 11 is 0. The van der Waals surface area contributed by atoms with E-state index in [0.717, 1.165) is 41.6 Å². The quantitative estimate of drug-likeness (QED) is 0.406. The summed E-state index contributed by atoms with van der Waals surface area (Å²) in [5, 5.41) is 4.51. The van der Waals surface area contributed by atoms with Crippen LogP contribution in [0.4, 0.5) is 8.78 Å². The zero-order valence-electron chi connectivity index (χ0n) is 19.0. The van der Waals surface area contributed by atoms with Crippen LogP contribution in [0.1, 0.15) is 66.4 Å². The normalized spacial score (nSPS) is 22.0. The van der Waals surface area contributed by atoms with Crippen LogP contribution < -0.4 is 0 Å². The van der Waals surface area contributed by atoms with Crippen LogP contribution in [0.3, 0.4) is 0 Å². The molecule has 7 nitrogen and oxygen atoms in total. The number of rotatable bonds is 4. The smallest absolute Gasteiger partial charge is 0.135 e. The Kier molecular flexibility index (Phi) is 4.89. The number of ether oxygens (including phenoxy) is 2. The van der Waals surface area contributed by atoms with Gasteiger partial charge in [0.1, 0.15) is 22.8 Å². The first-order valence-corrected chi connectivity index (χ1v) is 12.0. The third-order valence-electron chi connectivity index (χ3n) is 7.11. The van der Waals surface area contributed by atoms with Crippen molar-refractivity contribution in [3.8, 4) is 11.3 Å². The van der Waals surface area contributed by atoms with Crippen LogP contribution in [-0.4, -0.2) is 31.3 Å². The Morgan fingerprint density at radius 2 is 1.83 bits per heavy atom. The molecule has 5 heterocycles. The second kappa shape index (κ2) is 8.13. The van der Waals surface area contributed by atoms with Crippen LogP contribution in [0.2, 0.25) is 0 Å². The summed E-state index contributed by atoms with van der Waals surface area (Å²) in [4.78, 5) is 14.4. The molecule has 1 saturated heterocycles. The Hall–Kier alpha value is -3.30. The van der Waals surface area contributed by atoms with Crippen molar-refractivity contribution < 1.29 is 18.3 Å². The summed E-state index contributed by atoms with van der Waals surface area (Å²) in [5.41, 5.74) is 5.13. The molecule has 0 spiro atoms. The summed E-state index contributed by atoms with van der Waals surface area (Å²) in [5.74, 6) is -1.21. The number of aromatic nitrogens is 5. The van der Waals surface area contributed by atoms with Gasteiger partial charge in [-0.3, -0.25) is 4.68 Å². The van der Waals surface area contributed by atoms with E-state index in [1.807, 2.05) is 16.9 Å². The predicted molar refractivity (Wildman–Crippen MR) is 122 cm³/mol. The summed E-state index contributed by atoms with van der Waals surface area (Å²) in [6.45, 7) is 1.36. The number of nitrogens with zero attached hydrogens (tertiary/aromatic N) is 5. The number of hydrogen-bond acceptors (Lipinski definition) is 6. The van der Waals surface area contributed by atoms with E-state index in [-0.39, 0.29) is 17.6 Å². The highest BCUT2D eigenvalue weighted by atomic mass is 19.1. The van der Waals surface area contributed by atoms with E-state index >= 15 is 0 Å². The molecule has 35 heavy (non-hydrogen) atoms. The molecule has 2 fully saturated rings. The van der Waals surface area contributed by atoms with Crippen LogP contribution in [0, 0.1) is 11.6 Å². The molecule has 1 aromatic carbocycles. The maximum absolute atomic E-state index is 14.9. The first-order chi connectivity index (χ1) is 17.1. The topological polar surface area (TPSA) is 75.0 Å². The van der Waals surface area contributed by atoms with Crippen molar-refractivity contribution in [1.29, 1.82) is 0 Å². The van der Waals surface area contributed by atoms with Crippen LogP contribution in [0.15, 0.2) is 36.7 Å². The molecule has 2 aliphatic heterocycles. The van der Waals surface area contributed by atoms with Crippen molar-refractivity contribution in [2.24, 2.45) is 0 Å². The maximum atomic E-state index is 14.9. The second-order valence-electron chi connectivity index (χ2n) is 9.56. The molecule has 4 aromatic rings. The summed E-state index contributed by atoms with van der Waals surface area (Å²) in [6, 6.07) is 6.00. The van der Waals surface area contributed by atoms with E-state index in [0.29, 0.717) is 42.6 Å². The molecule has 178 valence electrons. The van der Waals surface area contributed by atoms with Gasteiger partial charge >= 0.3 is 0 Å². The Bertz CT molecular complexity index is 1450. The molecule has 0 bridgehead atoms. The number of fused-ring (bicyclic) bond motifs is 2. The SMILES string of the molecule is Fc1ccc(-c2nc([C@H]3CCO[C@H](c4cnn(C5CC5)c4)C3)cc3nc4c(nc23)COC4)c(F)c1. The van der Waals surface area contributed by atoms with Gasteiger partial charge < -0.3 is 9.47 Å². The summed E-state index contributed by atoms with van der Waals surface area (Å²) in [6.07, 6.45) is 7.79. The van der Waals surface area contributed by atoms with Gasteiger partial charge in [0, 0.05) is 41.6 Å². The minimum Gasteiger partial charge on any atom is -0.373 e.